The van der Waals surface area contributed by atoms with E-state index in [0.29, 0.717) is 6.04 Å². The molecule has 0 saturated carbocycles. The van der Waals surface area contributed by atoms with Gasteiger partial charge in [0.2, 0.25) is 5.95 Å². The molecule has 6 heteroatoms. The largest absolute Gasteiger partial charge is 0.370 e. The Balaban J connectivity index is 1.57. The standard InChI is InChI=1S/C18H24ClN5/c1-13-10-16(22-18(21-13)23(2)3)11-20-15-8-9-24(12-15)17-6-4-14(19)5-7-17/h4-7,10,15,20H,8-9,11-12H2,1-3H3/t15-/m0/s1. The highest BCUT2D eigenvalue weighted by atomic mass is 35.5. The first-order chi connectivity index (χ1) is 11.5. The molecule has 0 radical (unpaired) electrons. The van der Waals surface area contributed by atoms with Crippen molar-refractivity contribution in [2.45, 2.75) is 25.9 Å². The Morgan fingerprint density at radius 1 is 1.25 bits per heavy atom. The maximum Gasteiger partial charge on any atom is 0.225 e. The molecule has 1 fully saturated rings. The van der Waals surface area contributed by atoms with Gasteiger partial charge in [0.05, 0.1) is 5.69 Å². The average Bonchev–Trinajstić information content (AvgIpc) is 3.02. The van der Waals surface area contributed by atoms with Crippen LogP contribution in [0.25, 0.3) is 0 Å². The summed E-state index contributed by atoms with van der Waals surface area (Å²) < 4.78 is 0. The van der Waals surface area contributed by atoms with E-state index in [1.807, 2.05) is 44.1 Å². The summed E-state index contributed by atoms with van der Waals surface area (Å²) in [5.74, 6) is 0.765. The van der Waals surface area contributed by atoms with Crippen LogP contribution in [0.15, 0.2) is 30.3 Å². The van der Waals surface area contributed by atoms with E-state index in [-0.39, 0.29) is 0 Å². The molecule has 2 heterocycles. The molecule has 1 N–H and O–H groups in total. The summed E-state index contributed by atoms with van der Waals surface area (Å²) in [6.07, 6.45) is 1.13. The summed E-state index contributed by atoms with van der Waals surface area (Å²) in [6, 6.07) is 10.6. The lowest BCUT2D eigenvalue weighted by atomic mass is 10.2. The third kappa shape index (κ3) is 4.16. The van der Waals surface area contributed by atoms with E-state index in [2.05, 4.69) is 32.3 Å². The number of benzene rings is 1. The van der Waals surface area contributed by atoms with Crippen molar-refractivity contribution in [3.05, 3.63) is 46.7 Å². The molecule has 128 valence electrons. The summed E-state index contributed by atoms with van der Waals surface area (Å²) >= 11 is 5.97. The maximum absolute atomic E-state index is 5.97. The van der Waals surface area contributed by atoms with Gasteiger partial charge in [-0.2, -0.15) is 0 Å². The zero-order valence-electron chi connectivity index (χ0n) is 14.5. The van der Waals surface area contributed by atoms with Crippen LogP contribution in [0.4, 0.5) is 11.6 Å². The molecular weight excluding hydrogens is 322 g/mol. The first kappa shape index (κ1) is 17.0. The maximum atomic E-state index is 5.97. The molecule has 0 aliphatic carbocycles. The van der Waals surface area contributed by atoms with Gasteiger partial charge >= 0.3 is 0 Å². The molecule has 0 unspecified atom stereocenters. The molecule has 5 nitrogen and oxygen atoms in total. The second kappa shape index (κ2) is 7.36. The topological polar surface area (TPSA) is 44.3 Å². The molecule has 3 rings (SSSR count). The zero-order chi connectivity index (χ0) is 17.1. The van der Waals surface area contributed by atoms with Crippen LogP contribution >= 0.6 is 11.6 Å². The third-order valence-corrected chi connectivity index (χ3v) is 4.50. The highest BCUT2D eigenvalue weighted by Crippen LogP contribution is 2.22. The summed E-state index contributed by atoms with van der Waals surface area (Å²) in [7, 11) is 3.93. The van der Waals surface area contributed by atoms with E-state index in [1.54, 1.807) is 0 Å². The van der Waals surface area contributed by atoms with Crippen molar-refractivity contribution in [3.63, 3.8) is 0 Å². The van der Waals surface area contributed by atoms with Crippen molar-refractivity contribution in [3.8, 4) is 0 Å². The van der Waals surface area contributed by atoms with Crippen LogP contribution in [0.1, 0.15) is 17.8 Å². The number of hydrogen-bond donors (Lipinski definition) is 1. The number of nitrogens with one attached hydrogen (secondary N) is 1. The van der Waals surface area contributed by atoms with Crippen LogP contribution < -0.4 is 15.1 Å². The van der Waals surface area contributed by atoms with Crippen molar-refractivity contribution < 1.29 is 0 Å². The number of aryl methyl sites for hydroxylation is 1. The smallest absolute Gasteiger partial charge is 0.225 e. The molecule has 1 atom stereocenters. The van der Waals surface area contributed by atoms with Gasteiger partial charge in [-0.1, -0.05) is 11.6 Å². The van der Waals surface area contributed by atoms with Crippen molar-refractivity contribution in [1.82, 2.24) is 15.3 Å². The van der Waals surface area contributed by atoms with Gasteiger partial charge in [0, 0.05) is 56.2 Å². The van der Waals surface area contributed by atoms with Gasteiger partial charge in [0.25, 0.3) is 0 Å². The van der Waals surface area contributed by atoms with Gasteiger partial charge in [0.15, 0.2) is 0 Å². The molecule has 1 aliphatic rings. The Bertz CT molecular complexity index is 686. The van der Waals surface area contributed by atoms with Gasteiger partial charge in [-0.05, 0) is 43.7 Å². The van der Waals surface area contributed by atoms with Crippen LogP contribution in [0.3, 0.4) is 0 Å². The Labute approximate surface area is 148 Å². The molecule has 1 aromatic carbocycles. The SMILES string of the molecule is Cc1cc(CN[C@H]2CCN(c3ccc(Cl)cc3)C2)nc(N(C)C)n1. The molecule has 0 bridgehead atoms. The quantitative estimate of drug-likeness (QED) is 0.902. The predicted octanol–water partition coefficient (Wildman–Crippen LogP) is 2.87. The molecule has 1 saturated heterocycles. The van der Waals surface area contributed by atoms with E-state index in [1.165, 1.54) is 5.69 Å². The second-order valence-electron chi connectivity index (χ2n) is 6.48. The number of aromatic nitrogens is 2. The minimum absolute atomic E-state index is 0.471. The van der Waals surface area contributed by atoms with Crippen LogP contribution in [-0.2, 0) is 6.54 Å². The summed E-state index contributed by atoms with van der Waals surface area (Å²) in [5.41, 5.74) is 3.27. The number of nitrogens with zero attached hydrogens (tertiary/aromatic N) is 4. The minimum Gasteiger partial charge on any atom is -0.370 e. The van der Waals surface area contributed by atoms with Crippen LogP contribution in [0.5, 0.6) is 0 Å². The molecular formula is C18H24ClN5. The van der Waals surface area contributed by atoms with E-state index in [9.17, 15) is 0 Å². The first-order valence-corrected chi connectivity index (χ1v) is 8.65. The average molecular weight is 346 g/mol. The van der Waals surface area contributed by atoms with Crippen molar-refractivity contribution in [1.29, 1.82) is 0 Å². The number of hydrogen-bond acceptors (Lipinski definition) is 5. The summed E-state index contributed by atoms with van der Waals surface area (Å²) in [6.45, 7) is 4.84. The van der Waals surface area contributed by atoms with Crippen molar-refractivity contribution in [2.75, 3.05) is 37.0 Å². The van der Waals surface area contributed by atoms with E-state index >= 15 is 0 Å². The number of halogens is 1. The Kier molecular flexibility index (Phi) is 5.21. The molecule has 24 heavy (non-hydrogen) atoms. The minimum atomic E-state index is 0.471. The number of anilines is 2. The normalized spacial score (nSPS) is 17.3. The highest BCUT2D eigenvalue weighted by Gasteiger charge is 2.22. The Morgan fingerprint density at radius 2 is 2.00 bits per heavy atom. The van der Waals surface area contributed by atoms with Gasteiger partial charge < -0.3 is 15.1 Å². The van der Waals surface area contributed by atoms with Gasteiger partial charge in [-0.25, -0.2) is 9.97 Å². The van der Waals surface area contributed by atoms with Gasteiger partial charge in [-0.15, -0.1) is 0 Å². The second-order valence-corrected chi connectivity index (χ2v) is 6.92. The van der Waals surface area contributed by atoms with Crippen LogP contribution in [0, 0.1) is 6.92 Å². The van der Waals surface area contributed by atoms with E-state index < -0.39 is 0 Å². The predicted molar refractivity (Wildman–Crippen MR) is 100 cm³/mol. The monoisotopic (exact) mass is 345 g/mol. The van der Waals surface area contributed by atoms with Gasteiger partial charge in [0.1, 0.15) is 0 Å². The fourth-order valence-corrected chi connectivity index (χ4v) is 3.10. The zero-order valence-corrected chi connectivity index (χ0v) is 15.2. The molecule has 2 aromatic rings. The highest BCUT2D eigenvalue weighted by molar-refractivity contribution is 6.30. The summed E-state index contributed by atoms with van der Waals surface area (Å²) in [5, 5.41) is 4.41. The molecule has 1 aliphatic heterocycles. The fraction of sp³-hybridized carbons (Fsp3) is 0.444. The third-order valence-electron chi connectivity index (χ3n) is 4.25. The molecule has 0 amide bonds. The lowest BCUT2D eigenvalue weighted by Gasteiger charge is -2.19. The van der Waals surface area contributed by atoms with Crippen molar-refractivity contribution in [2.24, 2.45) is 0 Å². The fourth-order valence-electron chi connectivity index (χ4n) is 2.97. The first-order valence-electron chi connectivity index (χ1n) is 8.27. The number of rotatable bonds is 5. The van der Waals surface area contributed by atoms with E-state index in [4.69, 9.17) is 11.6 Å². The lowest BCUT2D eigenvalue weighted by Crippen LogP contribution is -2.32. The Morgan fingerprint density at radius 3 is 2.71 bits per heavy atom. The van der Waals surface area contributed by atoms with Crippen molar-refractivity contribution >= 4 is 23.2 Å². The van der Waals surface area contributed by atoms with Crippen LogP contribution in [-0.4, -0.2) is 43.2 Å². The van der Waals surface area contributed by atoms with Gasteiger partial charge in [-0.3, -0.25) is 0 Å². The van der Waals surface area contributed by atoms with Crippen LogP contribution in [0.2, 0.25) is 5.02 Å². The molecule has 0 spiro atoms. The van der Waals surface area contributed by atoms with E-state index in [0.717, 1.165) is 48.4 Å². The summed E-state index contributed by atoms with van der Waals surface area (Å²) in [4.78, 5) is 13.4. The lowest BCUT2D eigenvalue weighted by molar-refractivity contribution is 0.545. The molecule has 1 aromatic heterocycles. The Hall–Kier alpha value is -1.85.